The van der Waals surface area contributed by atoms with Crippen LogP contribution in [0.2, 0.25) is 0 Å². The third kappa shape index (κ3) is 6.39. The monoisotopic (exact) mass is 294 g/mol. The minimum Gasteiger partial charge on any atom is -0.321 e. The van der Waals surface area contributed by atoms with Crippen molar-refractivity contribution in [1.82, 2.24) is 0 Å². The van der Waals surface area contributed by atoms with Crippen molar-refractivity contribution in [2.75, 3.05) is 0 Å². The van der Waals surface area contributed by atoms with E-state index < -0.39 is 7.60 Å². The molecule has 0 fully saturated rings. The summed E-state index contributed by atoms with van der Waals surface area (Å²) >= 11 is 0. The predicted molar refractivity (Wildman–Crippen MR) is 83.0 cm³/mol. The fourth-order valence-electron chi connectivity index (χ4n) is 2.01. The number of unbranched alkanes of at least 4 members (excludes halogenated alkanes) is 4. The Bertz CT molecular complexity index is 508. The molecule has 2 N–H and O–H groups in total. The van der Waals surface area contributed by atoms with Gasteiger partial charge in [-0.25, -0.2) is 0 Å². The number of benzene rings is 1. The standard InChI is InChI=1S/C16H23O3P/c1-2-3-4-5-6-7-8-9-12-15-13-10-11-14-16(15)20(17,18)19/h10-11,13-14H,2-5,8-9,12H2,1H3,(H2,17,18,19). The summed E-state index contributed by atoms with van der Waals surface area (Å²) in [7, 11) is -4.17. The molecule has 0 unspecified atom stereocenters. The summed E-state index contributed by atoms with van der Waals surface area (Å²) in [6.07, 6.45) is 6.81. The van der Waals surface area contributed by atoms with E-state index >= 15 is 0 Å². The van der Waals surface area contributed by atoms with Gasteiger partial charge in [0, 0.05) is 12.8 Å². The maximum absolute atomic E-state index is 11.4. The van der Waals surface area contributed by atoms with Gasteiger partial charge in [0.2, 0.25) is 0 Å². The van der Waals surface area contributed by atoms with E-state index in [1.165, 1.54) is 18.9 Å². The third-order valence-electron chi connectivity index (χ3n) is 3.08. The SMILES string of the molecule is CCCCCC#CCCCc1ccccc1P(=O)(O)O. The number of aryl methyl sites for hydroxylation is 1. The first-order chi connectivity index (χ1) is 9.55. The van der Waals surface area contributed by atoms with Gasteiger partial charge in [-0.1, -0.05) is 38.0 Å². The van der Waals surface area contributed by atoms with Gasteiger partial charge in [-0.3, -0.25) is 4.57 Å². The number of hydrogen-bond acceptors (Lipinski definition) is 1. The summed E-state index contributed by atoms with van der Waals surface area (Å²) < 4.78 is 11.4. The molecule has 0 aliphatic carbocycles. The van der Waals surface area contributed by atoms with Gasteiger partial charge in [-0.15, -0.1) is 11.8 Å². The molecule has 0 radical (unpaired) electrons. The molecule has 3 nitrogen and oxygen atoms in total. The van der Waals surface area contributed by atoms with Crippen LogP contribution < -0.4 is 5.30 Å². The van der Waals surface area contributed by atoms with E-state index in [4.69, 9.17) is 0 Å². The molecule has 0 amide bonds. The molecule has 20 heavy (non-hydrogen) atoms. The van der Waals surface area contributed by atoms with E-state index in [9.17, 15) is 14.4 Å². The molecule has 0 aliphatic heterocycles. The average Bonchev–Trinajstić information content (AvgIpc) is 2.41. The highest BCUT2D eigenvalue weighted by molar-refractivity contribution is 7.60. The van der Waals surface area contributed by atoms with E-state index in [1.54, 1.807) is 12.1 Å². The van der Waals surface area contributed by atoms with Crippen molar-refractivity contribution >= 4 is 12.9 Å². The zero-order valence-corrected chi connectivity index (χ0v) is 12.9. The average molecular weight is 294 g/mol. The van der Waals surface area contributed by atoms with Crippen molar-refractivity contribution in [2.24, 2.45) is 0 Å². The molecule has 0 heterocycles. The van der Waals surface area contributed by atoms with Gasteiger partial charge in [0.1, 0.15) is 0 Å². The van der Waals surface area contributed by atoms with Gasteiger partial charge in [0.25, 0.3) is 0 Å². The van der Waals surface area contributed by atoms with Crippen LogP contribution in [0.1, 0.15) is 51.0 Å². The normalized spacial score (nSPS) is 10.9. The second-order valence-electron chi connectivity index (χ2n) is 4.84. The first-order valence-corrected chi connectivity index (χ1v) is 8.76. The summed E-state index contributed by atoms with van der Waals surface area (Å²) in [5.41, 5.74) is 0.730. The largest absolute Gasteiger partial charge is 0.356 e. The Labute approximate surface area is 121 Å². The first kappa shape index (κ1) is 17.0. The van der Waals surface area contributed by atoms with Crippen LogP contribution in [0.25, 0.3) is 0 Å². The summed E-state index contributed by atoms with van der Waals surface area (Å²) in [5.74, 6) is 6.28. The molecule has 1 rings (SSSR count). The van der Waals surface area contributed by atoms with Crippen molar-refractivity contribution < 1.29 is 14.4 Å². The summed E-state index contributed by atoms with van der Waals surface area (Å²) in [4.78, 5) is 18.6. The minimum absolute atomic E-state index is 0.149. The Morgan fingerprint density at radius 2 is 1.70 bits per heavy atom. The number of rotatable bonds is 7. The fourth-order valence-corrected chi connectivity index (χ4v) is 2.85. The lowest BCUT2D eigenvalue weighted by atomic mass is 10.1. The quantitative estimate of drug-likeness (QED) is 0.460. The van der Waals surface area contributed by atoms with Crippen LogP contribution in [0.3, 0.4) is 0 Å². The van der Waals surface area contributed by atoms with E-state index in [1.807, 2.05) is 6.07 Å². The van der Waals surface area contributed by atoms with Crippen molar-refractivity contribution in [3.63, 3.8) is 0 Å². The lowest BCUT2D eigenvalue weighted by molar-refractivity contribution is 0.387. The van der Waals surface area contributed by atoms with Crippen LogP contribution in [-0.4, -0.2) is 9.79 Å². The van der Waals surface area contributed by atoms with E-state index in [2.05, 4.69) is 18.8 Å². The Balaban J connectivity index is 2.41. The maximum Gasteiger partial charge on any atom is 0.356 e. The van der Waals surface area contributed by atoms with Gasteiger partial charge in [0.05, 0.1) is 5.30 Å². The molecule has 0 atom stereocenters. The maximum atomic E-state index is 11.4. The Morgan fingerprint density at radius 1 is 1.05 bits per heavy atom. The fraction of sp³-hybridized carbons (Fsp3) is 0.500. The summed E-state index contributed by atoms with van der Waals surface area (Å²) in [6, 6.07) is 6.76. The summed E-state index contributed by atoms with van der Waals surface area (Å²) in [5, 5.41) is 0.149. The lowest BCUT2D eigenvalue weighted by Crippen LogP contribution is -2.10. The third-order valence-corrected chi connectivity index (χ3v) is 4.15. The molecule has 1 aromatic rings. The molecule has 0 saturated carbocycles. The van der Waals surface area contributed by atoms with Crippen LogP contribution in [0.4, 0.5) is 0 Å². The zero-order chi connectivity index (χ0) is 14.8. The topological polar surface area (TPSA) is 57.5 Å². The molecule has 0 saturated heterocycles. The van der Waals surface area contributed by atoms with Gasteiger partial charge in [-0.2, -0.15) is 0 Å². The van der Waals surface area contributed by atoms with Crippen LogP contribution in [-0.2, 0) is 11.0 Å². The van der Waals surface area contributed by atoms with E-state index in [-0.39, 0.29) is 5.30 Å². The van der Waals surface area contributed by atoms with Gasteiger partial charge in [0.15, 0.2) is 0 Å². The molecule has 0 aliphatic rings. The van der Waals surface area contributed by atoms with Crippen LogP contribution in [0.15, 0.2) is 24.3 Å². The van der Waals surface area contributed by atoms with Crippen LogP contribution >= 0.6 is 7.60 Å². The lowest BCUT2D eigenvalue weighted by Gasteiger charge is -2.09. The van der Waals surface area contributed by atoms with E-state index in [0.717, 1.165) is 31.2 Å². The molecule has 0 bridgehead atoms. The molecule has 0 spiro atoms. The van der Waals surface area contributed by atoms with Gasteiger partial charge in [-0.05, 0) is 30.9 Å². The molecule has 4 heteroatoms. The van der Waals surface area contributed by atoms with Crippen LogP contribution in [0, 0.1) is 11.8 Å². The van der Waals surface area contributed by atoms with E-state index in [0.29, 0.717) is 6.42 Å². The molecular formula is C16H23O3P. The molecule has 0 aromatic heterocycles. The zero-order valence-electron chi connectivity index (χ0n) is 12.0. The van der Waals surface area contributed by atoms with Crippen molar-refractivity contribution in [3.05, 3.63) is 29.8 Å². The predicted octanol–water partition coefficient (Wildman–Crippen LogP) is 3.40. The van der Waals surface area contributed by atoms with Crippen LogP contribution in [0.5, 0.6) is 0 Å². The Morgan fingerprint density at radius 3 is 2.35 bits per heavy atom. The van der Waals surface area contributed by atoms with Crippen molar-refractivity contribution in [3.8, 4) is 11.8 Å². The molecular weight excluding hydrogens is 271 g/mol. The van der Waals surface area contributed by atoms with Crippen molar-refractivity contribution in [1.29, 1.82) is 0 Å². The smallest absolute Gasteiger partial charge is 0.321 e. The number of hydrogen-bond donors (Lipinski definition) is 2. The summed E-state index contributed by atoms with van der Waals surface area (Å²) in [6.45, 7) is 2.17. The Kier molecular flexibility index (Phi) is 7.62. The second kappa shape index (κ2) is 8.97. The first-order valence-electron chi connectivity index (χ1n) is 7.15. The highest BCUT2D eigenvalue weighted by Crippen LogP contribution is 2.34. The molecule has 110 valence electrons. The highest BCUT2D eigenvalue weighted by atomic mass is 31.2. The molecule has 1 aromatic carbocycles. The highest BCUT2D eigenvalue weighted by Gasteiger charge is 2.20. The van der Waals surface area contributed by atoms with Gasteiger partial charge >= 0.3 is 7.60 Å². The second-order valence-corrected chi connectivity index (χ2v) is 6.41. The minimum atomic E-state index is -4.17. The van der Waals surface area contributed by atoms with Crippen molar-refractivity contribution in [2.45, 2.75) is 51.9 Å². The Hall–Kier alpha value is -1.07. The van der Waals surface area contributed by atoms with Gasteiger partial charge < -0.3 is 9.79 Å².